The summed E-state index contributed by atoms with van der Waals surface area (Å²) in [7, 11) is 0. The summed E-state index contributed by atoms with van der Waals surface area (Å²) >= 11 is 0. The van der Waals surface area contributed by atoms with E-state index in [0.29, 0.717) is 13.2 Å². The fraction of sp³-hybridized carbons (Fsp3) is 0.600. The van der Waals surface area contributed by atoms with Crippen LogP contribution in [0.2, 0.25) is 0 Å². The van der Waals surface area contributed by atoms with Gasteiger partial charge in [-0.05, 0) is 0 Å². The SMILES string of the molecule is O=[N+]([O-])/C=C/C1OCCO1. The summed E-state index contributed by atoms with van der Waals surface area (Å²) in [5.41, 5.74) is 0. The average molecular weight is 145 g/mol. The highest BCUT2D eigenvalue weighted by Crippen LogP contribution is 2.03. The van der Waals surface area contributed by atoms with Crippen LogP contribution in [0, 0.1) is 10.1 Å². The van der Waals surface area contributed by atoms with E-state index < -0.39 is 11.2 Å². The Morgan fingerprint density at radius 3 is 2.60 bits per heavy atom. The highest BCUT2D eigenvalue weighted by atomic mass is 16.7. The fourth-order valence-corrected chi connectivity index (χ4v) is 0.628. The van der Waals surface area contributed by atoms with Crippen LogP contribution in [0.25, 0.3) is 0 Å². The van der Waals surface area contributed by atoms with Crippen molar-refractivity contribution in [2.75, 3.05) is 13.2 Å². The van der Waals surface area contributed by atoms with Gasteiger partial charge in [0.25, 0.3) is 0 Å². The van der Waals surface area contributed by atoms with Gasteiger partial charge in [-0.15, -0.1) is 0 Å². The summed E-state index contributed by atoms with van der Waals surface area (Å²) in [4.78, 5) is 9.21. The average Bonchev–Trinajstić information content (AvgIpc) is 2.34. The second kappa shape index (κ2) is 3.28. The molecule has 5 nitrogen and oxygen atoms in total. The molecule has 0 aromatic carbocycles. The highest BCUT2D eigenvalue weighted by molar-refractivity contribution is 4.79. The van der Waals surface area contributed by atoms with E-state index in [9.17, 15) is 10.1 Å². The molecule has 56 valence electrons. The smallest absolute Gasteiger partial charge is 0.235 e. The van der Waals surface area contributed by atoms with E-state index in [2.05, 4.69) is 0 Å². The van der Waals surface area contributed by atoms with Crippen molar-refractivity contribution in [1.82, 2.24) is 0 Å². The third-order valence-electron chi connectivity index (χ3n) is 1.01. The van der Waals surface area contributed by atoms with Gasteiger partial charge in [0.05, 0.1) is 18.1 Å². The lowest BCUT2D eigenvalue weighted by Crippen LogP contribution is -2.03. The van der Waals surface area contributed by atoms with Crippen LogP contribution in [-0.2, 0) is 9.47 Å². The summed E-state index contributed by atoms with van der Waals surface area (Å²) in [5, 5.41) is 9.76. The van der Waals surface area contributed by atoms with Crippen LogP contribution in [0.3, 0.4) is 0 Å². The maximum Gasteiger partial charge on any atom is 0.235 e. The summed E-state index contributed by atoms with van der Waals surface area (Å²) in [6, 6.07) is 0. The van der Waals surface area contributed by atoms with Crippen LogP contribution in [0.5, 0.6) is 0 Å². The molecular weight excluding hydrogens is 138 g/mol. The standard InChI is InChI=1S/C5H7NO4/c7-6(8)2-1-5-9-3-4-10-5/h1-2,5H,3-4H2/b2-1+. The zero-order valence-corrected chi connectivity index (χ0v) is 5.23. The molecule has 0 aromatic heterocycles. The quantitative estimate of drug-likeness (QED) is 0.410. The molecule has 1 rings (SSSR count). The molecule has 0 aliphatic carbocycles. The molecule has 0 aromatic rings. The van der Waals surface area contributed by atoms with E-state index in [1.54, 1.807) is 0 Å². The molecule has 10 heavy (non-hydrogen) atoms. The first-order valence-electron chi connectivity index (χ1n) is 2.84. The Morgan fingerprint density at radius 2 is 2.10 bits per heavy atom. The number of hydrogen-bond acceptors (Lipinski definition) is 4. The molecule has 0 spiro atoms. The predicted octanol–water partition coefficient (Wildman–Crippen LogP) is 0.150. The van der Waals surface area contributed by atoms with E-state index in [0.717, 1.165) is 6.20 Å². The predicted molar refractivity (Wildman–Crippen MR) is 31.8 cm³/mol. The van der Waals surface area contributed by atoms with Crippen molar-refractivity contribution in [3.8, 4) is 0 Å². The molecule has 0 N–H and O–H groups in total. The van der Waals surface area contributed by atoms with Crippen LogP contribution in [-0.4, -0.2) is 24.4 Å². The Kier molecular flexibility index (Phi) is 2.35. The molecule has 0 saturated carbocycles. The molecule has 0 bridgehead atoms. The number of ether oxygens (including phenoxy) is 2. The summed E-state index contributed by atoms with van der Waals surface area (Å²) < 4.78 is 9.78. The minimum atomic E-state index is -0.551. The van der Waals surface area contributed by atoms with Crippen molar-refractivity contribution in [1.29, 1.82) is 0 Å². The van der Waals surface area contributed by atoms with E-state index in [-0.39, 0.29) is 0 Å². The normalized spacial score (nSPS) is 20.4. The molecule has 1 fully saturated rings. The molecule has 0 radical (unpaired) electrons. The Morgan fingerprint density at radius 1 is 1.50 bits per heavy atom. The van der Waals surface area contributed by atoms with Gasteiger partial charge >= 0.3 is 0 Å². The largest absolute Gasteiger partial charge is 0.346 e. The third kappa shape index (κ3) is 2.12. The number of nitro groups is 1. The molecule has 0 atom stereocenters. The number of nitrogens with zero attached hydrogens (tertiary/aromatic N) is 1. The van der Waals surface area contributed by atoms with Gasteiger partial charge in [0.2, 0.25) is 6.20 Å². The van der Waals surface area contributed by atoms with Gasteiger partial charge in [-0.3, -0.25) is 10.1 Å². The van der Waals surface area contributed by atoms with E-state index in [1.165, 1.54) is 6.08 Å². The molecule has 1 aliphatic heterocycles. The number of hydrogen-bond donors (Lipinski definition) is 0. The van der Waals surface area contributed by atoms with Gasteiger partial charge in [0.1, 0.15) is 0 Å². The number of rotatable bonds is 2. The Balaban J connectivity index is 2.29. The maximum absolute atomic E-state index is 9.76. The van der Waals surface area contributed by atoms with E-state index in [4.69, 9.17) is 9.47 Å². The van der Waals surface area contributed by atoms with Crippen LogP contribution in [0.4, 0.5) is 0 Å². The zero-order valence-electron chi connectivity index (χ0n) is 5.23. The molecule has 0 amide bonds. The minimum absolute atomic E-state index is 0.507. The second-order valence-electron chi connectivity index (χ2n) is 1.74. The summed E-state index contributed by atoms with van der Waals surface area (Å²) in [6.07, 6.45) is 1.56. The Labute approximate surface area is 57.4 Å². The molecule has 1 saturated heterocycles. The Bertz CT molecular complexity index is 150. The monoisotopic (exact) mass is 145 g/mol. The van der Waals surface area contributed by atoms with Gasteiger partial charge in [-0.1, -0.05) is 0 Å². The van der Waals surface area contributed by atoms with Crippen LogP contribution in [0.15, 0.2) is 12.3 Å². The highest BCUT2D eigenvalue weighted by Gasteiger charge is 2.12. The van der Waals surface area contributed by atoms with Crippen molar-refractivity contribution in [2.45, 2.75) is 6.29 Å². The van der Waals surface area contributed by atoms with Crippen molar-refractivity contribution in [3.63, 3.8) is 0 Å². The van der Waals surface area contributed by atoms with Crippen molar-refractivity contribution >= 4 is 0 Å². The van der Waals surface area contributed by atoms with Crippen molar-refractivity contribution < 1.29 is 14.4 Å². The van der Waals surface area contributed by atoms with E-state index >= 15 is 0 Å². The lowest BCUT2D eigenvalue weighted by Gasteiger charge is -1.97. The fourth-order valence-electron chi connectivity index (χ4n) is 0.628. The zero-order chi connectivity index (χ0) is 7.40. The van der Waals surface area contributed by atoms with Gasteiger partial charge in [0, 0.05) is 6.08 Å². The molecular formula is C5H7NO4. The second-order valence-corrected chi connectivity index (χ2v) is 1.74. The van der Waals surface area contributed by atoms with Crippen LogP contribution >= 0.6 is 0 Å². The summed E-state index contributed by atoms with van der Waals surface area (Å²) in [6.45, 7) is 1.01. The lowest BCUT2D eigenvalue weighted by molar-refractivity contribution is -0.403. The minimum Gasteiger partial charge on any atom is -0.346 e. The first-order chi connectivity index (χ1) is 4.79. The van der Waals surface area contributed by atoms with Crippen molar-refractivity contribution in [3.05, 3.63) is 22.4 Å². The maximum atomic E-state index is 9.76. The summed E-state index contributed by atoms with van der Waals surface area (Å²) in [5.74, 6) is 0. The van der Waals surface area contributed by atoms with Crippen LogP contribution < -0.4 is 0 Å². The van der Waals surface area contributed by atoms with Gasteiger partial charge in [-0.25, -0.2) is 0 Å². The van der Waals surface area contributed by atoms with Crippen LogP contribution in [0.1, 0.15) is 0 Å². The van der Waals surface area contributed by atoms with Gasteiger partial charge in [0.15, 0.2) is 6.29 Å². The molecule has 0 unspecified atom stereocenters. The van der Waals surface area contributed by atoms with Gasteiger partial charge < -0.3 is 9.47 Å². The first-order valence-corrected chi connectivity index (χ1v) is 2.84. The van der Waals surface area contributed by atoms with Gasteiger partial charge in [-0.2, -0.15) is 0 Å². The van der Waals surface area contributed by atoms with Crippen molar-refractivity contribution in [2.24, 2.45) is 0 Å². The molecule has 1 aliphatic rings. The van der Waals surface area contributed by atoms with E-state index in [1.807, 2.05) is 0 Å². The third-order valence-corrected chi connectivity index (χ3v) is 1.01. The Hall–Kier alpha value is -0.940. The topological polar surface area (TPSA) is 61.6 Å². The molecule has 5 heteroatoms. The molecule has 1 heterocycles. The first kappa shape index (κ1) is 7.17. The lowest BCUT2D eigenvalue weighted by atomic mass is 10.6.